The molecule has 33 heavy (non-hydrogen) atoms. The van der Waals surface area contributed by atoms with Gasteiger partial charge in [0.25, 0.3) is 5.91 Å². The highest BCUT2D eigenvalue weighted by Gasteiger charge is 2.13. The molecule has 0 radical (unpaired) electrons. The largest absolute Gasteiger partial charge is 0.496 e. The maximum Gasteiger partial charge on any atom is 0.255 e. The molecule has 0 aromatic heterocycles. The first-order chi connectivity index (χ1) is 16.0. The van der Waals surface area contributed by atoms with Crippen LogP contribution in [0.3, 0.4) is 0 Å². The summed E-state index contributed by atoms with van der Waals surface area (Å²) in [5.74, 6) is 1.54. The summed E-state index contributed by atoms with van der Waals surface area (Å²) >= 11 is 0. The number of anilines is 1. The minimum absolute atomic E-state index is 0.138. The number of carbonyl (C=O) groups excluding carboxylic acids is 1. The molecule has 0 unspecified atom stereocenters. The number of hydrogen-bond acceptors (Lipinski definition) is 5. The Labute approximate surface area is 195 Å². The first-order valence-corrected chi connectivity index (χ1v) is 11.1. The maximum atomic E-state index is 12.9. The first kappa shape index (κ1) is 22.8. The zero-order valence-electron chi connectivity index (χ0n) is 19.4. The van der Waals surface area contributed by atoms with Crippen molar-refractivity contribution in [2.75, 3.05) is 39.9 Å². The number of benzene rings is 3. The number of hydrogen-bond donors (Lipinski definition) is 1. The van der Waals surface area contributed by atoms with Gasteiger partial charge in [-0.25, -0.2) is 0 Å². The average Bonchev–Trinajstić information content (AvgIpc) is 2.84. The van der Waals surface area contributed by atoms with E-state index >= 15 is 0 Å². The summed E-state index contributed by atoms with van der Waals surface area (Å²) in [6.07, 6.45) is 1.85. The van der Waals surface area contributed by atoms with Crippen LogP contribution in [-0.2, 0) is 17.8 Å². The summed E-state index contributed by atoms with van der Waals surface area (Å²) in [6.45, 7) is 1.84. The molecule has 1 aliphatic rings. The van der Waals surface area contributed by atoms with Crippen LogP contribution in [0.15, 0.2) is 60.7 Å². The number of ether oxygens (including phenoxy) is 3. The van der Waals surface area contributed by atoms with Crippen molar-refractivity contribution >= 4 is 11.6 Å². The van der Waals surface area contributed by atoms with E-state index in [9.17, 15) is 4.79 Å². The van der Waals surface area contributed by atoms with Crippen LogP contribution in [0.25, 0.3) is 11.1 Å². The lowest BCUT2D eigenvalue weighted by molar-refractivity contribution is -0.0163. The van der Waals surface area contributed by atoms with Crippen molar-refractivity contribution in [1.82, 2.24) is 4.90 Å². The fraction of sp³-hybridized carbons (Fsp3) is 0.296. The topological polar surface area (TPSA) is 60.0 Å². The van der Waals surface area contributed by atoms with Crippen molar-refractivity contribution in [1.29, 1.82) is 0 Å². The Morgan fingerprint density at radius 3 is 2.58 bits per heavy atom. The van der Waals surface area contributed by atoms with Gasteiger partial charge in [0.15, 0.2) is 6.79 Å². The third-order valence-electron chi connectivity index (χ3n) is 5.69. The Morgan fingerprint density at radius 1 is 1.03 bits per heavy atom. The Hall–Kier alpha value is -3.35. The molecule has 6 heteroatoms. The van der Waals surface area contributed by atoms with Gasteiger partial charge in [-0.3, -0.25) is 4.79 Å². The van der Waals surface area contributed by atoms with E-state index < -0.39 is 0 Å². The van der Waals surface area contributed by atoms with Crippen LogP contribution in [0.5, 0.6) is 11.5 Å². The summed E-state index contributed by atoms with van der Waals surface area (Å²) in [4.78, 5) is 15.0. The van der Waals surface area contributed by atoms with Gasteiger partial charge in [0.1, 0.15) is 11.5 Å². The van der Waals surface area contributed by atoms with E-state index in [1.165, 1.54) is 0 Å². The van der Waals surface area contributed by atoms with Crippen LogP contribution in [0.2, 0.25) is 0 Å². The quantitative estimate of drug-likeness (QED) is 0.529. The fourth-order valence-corrected chi connectivity index (χ4v) is 3.89. The van der Waals surface area contributed by atoms with Gasteiger partial charge in [0.05, 0.1) is 13.7 Å². The van der Waals surface area contributed by atoms with Crippen LogP contribution in [0, 0.1) is 0 Å². The lowest BCUT2D eigenvalue weighted by Gasteiger charge is -2.18. The minimum Gasteiger partial charge on any atom is -0.496 e. The summed E-state index contributed by atoms with van der Waals surface area (Å²) in [5.41, 5.74) is 5.58. The van der Waals surface area contributed by atoms with E-state index in [4.69, 9.17) is 14.2 Å². The molecule has 0 spiro atoms. The predicted octanol–water partition coefficient (Wildman–Crippen LogP) is 4.98. The van der Waals surface area contributed by atoms with Crippen LogP contribution in [-0.4, -0.2) is 45.3 Å². The predicted molar refractivity (Wildman–Crippen MR) is 130 cm³/mol. The minimum atomic E-state index is -0.138. The molecule has 0 saturated heterocycles. The second kappa shape index (κ2) is 10.5. The molecule has 0 atom stereocenters. The lowest BCUT2D eigenvalue weighted by Crippen LogP contribution is -2.14. The highest BCUT2D eigenvalue weighted by Crippen LogP contribution is 2.30. The second-order valence-corrected chi connectivity index (χ2v) is 8.40. The second-order valence-electron chi connectivity index (χ2n) is 8.40. The highest BCUT2D eigenvalue weighted by molar-refractivity contribution is 6.04. The normalized spacial score (nSPS) is 12.7. The van der Waals surface area contributed by atoms with Gasteiger partial charge in [0.2, 0.25) is 0 Å². The monoisotopic (exact) mass is 446 g/mol. The Morgan fingerprint density at radius 2 is 1.82 bits per heavy atom. The van der Waals surface area contributed by atoms with Gasteiger partial charge in [-0.2, -0.15) is 0 Å². The van der Waals surface area contributed by atoms with Crippen LogP contribution >= 0.6 is 0 Å². The summed E-state index contributed by atoms with van der Waals surface area (Å²) < 4.78 is 16.4. The van der Waals surface area contributed by atoms with Crippen LogP contribution in [0.4, 0.5) is 5.69 Å². The molecule has 1 amide bonds. The third-order valence-corrected chi connectivity index (χ3v) is 5.69. The van der Waals surface area contributed by atoms with Crippen molar-refractivity contribution in [3.8, 4) is 22.6 Å². The number of nitrogens with one attached hydrogen (secondary N) is 1. The third kappa shape index (κ3) is 5.72. The van der Waals surface area contributed by atoms with Gasteiger partial charge in [-0.05, 0) is 86.6 Å². The Bertz CT molecular complexity index is 1110. The standard InChI is InChI=1S/C27H30N2O4/c1-29(2)14-4-5-21-15-22(10-13-25(21)31-3)27(30)28-24-11-8-19(9-12-24)20-6-7-23-17-32-18-33-26(23)16-20/h6-13,15-16H,4-5,14,17-18H2,1-3H3,(H,28,30). The molecule has 6 nitrogen and oxygen atoms in total. The fourth-order valence-electron chi connectivity index (χ4n) is 3.89. The van der Waals surface area contributed by atoms with Crippen molar-refractivity contribution in [2.24, 2.45) is 0 Å². The van der Waals surface area contributed by atoms with E-state index in [0.29, 0.717) is 12.2 Å². The molecular weight excluding hydrogens is 416 g/mol. The van der Waals surface area contributed by atoms with E-state index in [0.717, 1.165) is 58.8 Å². The molecular formula is C27H30N2O4. The molecule has 0 saturated carbocycles. The van der Waals surface area contributed by atoms with E-state index in [1.807, 2.05) is 48.5 Å². The SMILES string of the molecule is COc1ccc(C(=O)Nc2ccc(-c3ccc4c(c3)OCOC4)cc2)cc1CCCN(C)C. The van der Waals surface area contributed by atoms with Gasteiger partial charge >= 0.3 is 0 Å². The number of carbonyl (C=O) groups is 1. The first-order valence-electron chi connectivity index (χ1n) is 11.1. The van der Waals surface area contributed by atoms with E-state index in [-0.39, 0.29) is 12.7 Å². The molecule has 0 bridgehead atoms. The van der Waals surface area contributed by atoms with Crippen molar-refractivity contribution < 1.29 is 19.0 Å². The van der Waals surface area contributed by atoms with Crippen molar-refractivity contribution in [3.63, 3.8) is 0 Å². The highest BCUT2D eigenvalue weighted by atomic mass is 16.7. The molecule has 172 valence electrons. The Kier molecular flexibility index (Phi) is 7.27. The van der Waals surface area contributed by atoms with Gasteiger partial charge in [-0.15, -0.1) is 0 Å². The smallest absolute Gasteiger partial charge is 0.255 e. The maximum absolute atomic E-state index is 12.9. The summed E-state index contributed by atoms with van der Waals surface area (Å²) in [5, 5.41) is 3.00. The van der Waals surface area contributed by atoms with Gasteiger partial charge in [0, 0.05) is 16.8 Å². The van der Waals surface area contributed by atoms with Crippen LogP contribution < -0.4 is 14.8 Å². The molecule has 3 aromatic rings. The number of methoxy groups -OCH3 is 1. The number of fused-ring (bicyclic) bond motifs is 1. The zero-order chi connectivity index (χ0) is 23.2. The summed E-state index contributed by atoms with van der Waals surface area (Å²) in [6, 6.07) is 19.5. The zero-order valence-corrected chi connectivity index (χ0v) is 19.4. The number of rotatable bonds is 8. The molecule has 1 aliphatic heterocycles. The molecule has 0 aliphatic carbocycles. The molecule has 4 rings (SSSR count). The molecule has 1 heterocycles. The van der Waals surface area contributed by atoms with Crippen LogP contribution in [0.1, 0.15) is 27.9 Å². The van der Waals surface area contributed by atoms with E-state index in [2.05, 4.69) is 30.4 Å². The number of amides is 1. The Balaban J connectivity index is 1.44. The van der Waals surface area contributed by atoms with Crippen molar-refractivity contribution in [3.05, 3.63) is 77.4 Å². The van der Waals surface area contributed by atoms with Gasteiger partial charge < -0.3 is 24.4 Å². The molecule has 1 N–H and O–H groups in total. The lowest BCUT2D eigenvalue weighted by atomic mass is 10.0. The molecule has 0 fully saturated rings. The van der Waals surface area contributed by atoms with E-state index in [1.54, 1.807) is 13.2 Å². The number of aryl methyl sites for hydroxylation is 1. The average molecular weight is 447 g/mol. The van der Waals surface area contributed by atoms with Gasteiger partial charge in [-0.1, -0.05) is 24.3 Å². The molecule has 3 aromatic carbocycles. The summed E-state index contributed by atoms with van der Waals surface area (Å²) in [7, 11) is 5.77. The van der Waals surface area contributed by atoms with Crippen molar-refractivity contribution in [2.45, 2.75) is 19.4 Å². The number of nitrogens with zero attached hydrogens (tertiary/aromatic N) is 1.